The molecule has 3 aromatic carbocycles. The third-order valence-corrected chi connectivity index (χ3v) is 14.4. The third kappa shape index (κ3) is 3.93. The first-order valence-corrected chi connectivity index (χ1v) is 20.3. The second-order valence-corrected chi connectivity index (χ2v) is 18.8. The summed E-state index contributed by atoms with van der Waals surface area (Å²) in [5, 5.41) is 5.65. The lowest BCUT2D eigenvalue weighted by Crippen LogP contribution is -2.25. The Kier molecular flexibility index (Phi) is 6.30. The summed E-state index contributed by atoms with van der Waals surface area (Å²) in [6.07, 6.45) is 11.2. The molecule has 0 spiro atoms. The number of pyridine rings is 2. The van der Waals surface area contributed by atoms with E-state index in [-0.39, 0.29) is 5.41 Å². The van der Waals surface area contributed by atoms with Crippen LogP contribution in [0.15, 0.2) is 60.9 Å². The molecule has 2 saturated carbocycles. The highest BCUT2D eigenvalue weighted by atomic mass is 14.9. The summed E-state index contributed by atoms with van der Waals surface area (Å²) >= 11 is 0. The average Bonchev–Trinajstić information content (AvgIpc) is 3.67. The van der Waals surface area contributed by atoms with Gasteiger partial charge in [-0.2, -0.15) is 0 Å². The Balaban J connectivity index is 1.34. The zero-order valence-corrected chi connectivity index (χ0v) is 32.2. The van der Waals surface area contributed by atoms with Crippen LogP contribution in [0.4, 0.5) is 0 Å². The summed E-state index contributed by atoms with van der Waals surface area (Å²) in [7, 11) is 0. The smallest absolute Gasteiger partial charge is 0.0732 e. The van der Waals surface area contributed by atoms with Crippen molar-refractivity contribution >= 4 is 38.1 Å². The van der Waals surface area contributed by atoms with Crippen molar-refractivity contribution in [2.75, 3.05) is 0 Å². The highest BCUT2D eigenvalue weighted by molar-refractivity contribution is 6.28. The van der Waals surface area contributed by atoms with Crippen molar-refractivity contribution in [2.45, 2.75) is 122 Å². The average molecular weight is 682 g/mol. The van der Waals surface area contributed by atoms with Crippen LogP contribution in [0.5, 0.6) is 0 Å². The van der Waals surface area contributed by atoms with E-state index in [0.717, 1.165) is 11.8 Å². The molecule has 2 atom stereocenters. The molecule has 4 bridgehead atoms. The van der Waals surface area contributed by atoms with Gasteiger partial charge in [0.1, 0.15) is 0 Å². The summed E-state index contributed by atoms with van der Waals surface area (Å²) in [4.78, 5) is 10.8. The first-order valence-electron chi connectivity index (χ1n) is 20.3. The summed E-state index contributed by atoms with van der Waals surface area (Å²) in [6, 6.07) is 19.3. The molecule has 5 aliphatic carbocycles. The van der Waals surface area contributed by atoms with E-state index < -0.39 is 0 Å². The van der Waals surface area contributed by atoms with Crippen molar-refractivity contribution in [1.82, 2.24) is 14.4 Å². The lowest BCUT2D eigenvalue weighted by molar-refractivity contribution is 0.165. The van der Waals surface area contributed by atoms with Crippen LogP contribution >= 0.6 is 0 Å². The molecule has 2 fully saturated rings. The number of hydrogen-bond acceptors (Lipinski definition) is 2. The number of aromatic nitrogens is 3. The molecular formula is C49H51N3. The van der Waals surface area contributed by atoms with Crippen LogP contribution in [0.2, 0.25) is 0 Å². The Bertz CT molecular complexity index is 2610. The highest BCUT2D eigenvalue weighted by Crippen LogP contribution is 2.59. The van der Waals surface area contributed by atoms with Crippen LogP contribution in [-0.2, 0) is 5.41 Å². The van der Waals surface area contributed by atoms with E-state index in [1.54, 1.807) is 5.56 Å². The van der Waals surface area contributed by atoms with Crippen LogP contribution in [-0.4, -0.2) is 14.4 Å². The molecule has 12 rings (SSSR count). The van der Waals surface area contributed by atoms with E-state index in [1.165, 1.54) is 126 Å². The molecule has 0 aliphatic heterocycles. The lowest BCUT2D eigenvalue weighted by atomic mass is 9.67. The van der Waals surface area contributed by atoms with Gasteiger partial charge in [-0.05, 0) is 124 Å². The Hall–Kier alpha value is -4.24. The molecule has 0 N–H and O–H groups in total. The second-order valence-electron chi connectivity index (χ2n) is 18.8. The van der Waals surface area contributed by atoms with E-state index >= 15 is 0 Å². The SMILES string of the molecule is CC(C)c1cc(C(C)C)c(-c2cc3c4c5c(ncc4n4c6cnc7c(c6c(c2)c34)C2CC3CC(CC7C3)C2)C(C)(C)c2ccccc2-5)c(C(C)C)c1. The molecule has 3 heteroatoms. The molecule has 7 aromatic rings. The van der Waals surface area contributed by atoms with Crippen molar-refractivity contribution in [3.63, 3.8) is 0 Å². The van der Waals surface area contributed by atoms with Gasteiger partial charge < -0.3 is 4.40 Å². The number of fused-ring (bicyclic) bond motifs is 10. The molecule has 5 aliphatic rings. The van der Waals surface area contributed by atoms with Gasteiger partial charge in [-0.15, -0.1) is 0 Å². The normalized spacial score (nSPS) is 22.9. The number of hydrogen-bond donors (Lipinski definition) is 0. The van der Waals surface area contributed by atoms with Gasteiger partial charge in [-0.3, -0.25) is 9.97 Å². The first kappa shape index (κ1) is 31.3. The van der Waals surface area contributed by atoms with Crippen molar-refractivity contribution in [3.05, 3.63) is 100 Å². The number of nitrogens with zero attached hydrogens (tertiary/aromatic N) is 3. The van der Waals surface area contributed by atoms with Crippen molar-refractivity contribution in [2.24, 2.45) is 11.8 Å². The maximum atomic E-state index is 5.48. The molecule has 52 heavy (non-hydrogen) atoms. The minimum Gasteiger partial charge on any atom is -0.305 e. The predicted octanol–water partition coefficient (Wildman–Crippen LogP) is 13.4. The molecule has 4 heterocycles. The fourth-order valence-corrected chi connectivity index (χ4v) is 12.1. The quantitative estimate of drug-likeness (QED) is 0.185. The summed E-state index contributed by atoms with van der Waals surface area (Å²) in [5.41, 5.74) is 19.2. The maximum Gasteiger partial charge on any atom is 0.0732 e. The van der Waals surface area contributed by atoms with Crippen molar-refractivity contribution < 1.29 is 0 Å². The van der Waals surface area contributed by atoms with Gasteiger partial charge in [0.25, 0.3) is 0 Å². The lowest BCUT2D eigenvalue weighted by Gasteiger charge is -2.38. The highest BCUT2D eigenvalue weighted by Gasteiger charge is 2.45. The van der Waals surface area contributed by atoms with Gasteiger partial charge in [0.2, 0.25) is 0 Å². The molecule has 0 radical (unpaired) electrons. The third-order valence-electron chi connectivity index (χ3n) is 14.4. The van der Waals surface area contributed by atoms with Gasteiger partial charge in [-0.25, -0.2) is 0 Å². The fourth-order valence-electron chi connectivity index (χ4n) is 12.1. The van der Waals surface area contributed by atoms with E-state index in [4.69, 9.17) is 9.97 Å². The molecule has 0 saturated heterocycles. The number of rotatable bonds is 4. The zero-order chi connectivity index (χ0) is 35.5. The van der Waals surface area contributed by atoms with E-state index in [1.807, 2.05) is 0 Å². The van der Waals surface area contributed by atoms with E-state index in [0.29, 0.717) is 29.6 Å². The van der Waals surface area contributed by atoms with Crippen LogP contribution in [0, 0.1) is 11.8 Å². The van der Waals surface area contributed by atoms with Crippen LogP contribution in [0.25, 0.3) is 60.3 Å². The topological polar surface area (TPSA) is 30.2 Å². The fraction of sp³-hybridized carbons (Fsp3) is 0.429. The minimum absolute atomic E-state index is 0.156. The number of benzene rings is 3. The Morgan fingerprint density at radius 3 is 1.96 bits per heavy atom. The molecule has 2 unspecified atom stereocenters. The molecule has 4 aromatic heterocycles. The monoisotopic (exact) mass is 681 g/mol. The van der Waals surface area contributed by atoms with E-state index in [2.05, 4.69) is 121 Å². The molecule has 262 valence electrons. The Labute approximate surface area is 308 Å². The second kappa shape index (κ2) is 10.5. The Morgan fingerprint density at radius 2 is 1.29 bits per heavy atom. The minimum atomic E-state index is -0.156. The van der Waals surface area contributed by atoms with Gasteiger partial charge in [-0.1, -0.05) is 91.8 Å². The van der Waals surface area contributed by atoms with Crippen LogP contribution in [0.3, 0.4) is 0 Å². The summed E-state index contributed by atoms with van der Waals surface area (Å²) < 4.78 is 2.58. The van der Waals surface area contributed by atoms with Crippen LogP contribution < -0.4 is 0 Å². The summed E-state index contributed by atoms with van der Waals surface area (Å²) in [6.45, 7) is 19.0. The molecule has 3 nitrogen and oxygen atoms in total. The standard InChI is InChI=1S/C49H51N3/c1-24(2)29-18-34(25(3)4)41(35(19-29)26(5)6)31-20-36-43-39(22-50-46-32-16-27-13-28(17-32)15-30(14-27)42(43)46)52-40-23-51-48-45(44(40)37(21-31)47(36)52)33-11-9-10-12-38(33)49(48,7)8/h9-12,18-28,30,32H,13-17H2,1-8H3. The zero-order valence-electron chi connectivity index (χ0n) is 32.2. The van der Waals surface area contributed by atoms with E-state index in [9.17, 15) is 0 Å². The van der Waals surface area contributed by atoms with Gasteiger partial charge in [0, 0.05) is 44.1 Å². The van der Waals surface area contributed by atoms with Gasteiger partial charge in [0.15, 0.2) is 0 Å². The predicted molar refractivity (Wildman–Crippen MR) is 218 cm³/mol. The first-order chi connectivity index (χ1) is 25.0. The van der Waals surface area contributed by atoms with Gasteiger partial charge in [0.05, 0.1) is 34.6 Å². The van der Waals surface area contributed by atoms with Crippen molar-refractivity contribution in [1.29, 1.82) is 0 Å². The van der Waals surface area contributed by atoms with Gasteiger partial charge >= 0.3 is 0 Å². The van der Waals surface area contributed by atoms with Crippen LogP contribution in [0.1, 0.15) is 156 Å². The Morgan fingerprint density at radius 1 is 0.673 bits per heavy atom. The molecule has 0 amide bonds. The summed E-state index contributed by atoms with van der Waals surface area (Å²) in [5.74, 6) is 4.25. The maximum absolute atomic E-state index is 5.48. The molecular weight excluding hydrogens is 631 g/mol. The largest absolute Gasteiger partial charge is 0.305 e. The van der Waals surface area contributed by atoms with Crippen molar-refractivity contribution in [3.8, 4) is 22.3 Å².